The summed E-state index contributed by atoms with van der Waals surface area (Å²) in [5.41, 5.74) is 5.72. The molecule has 3 N–H and O–H groups in total. The molecule has 6 heteroatoms. The first-order valence-corrected chi connectivity index (χ1v) is 4.63. The Kier molecular flexibility index (Phi) is 2.55. The van der Waals surface area contributed by atoms with Crippen LogP contribution in [0, 0.1) is 5.41 Å². The Morgan fingerprint density at radius 3 is 3.00 bits per heavy atom. The number of hydrogen-bond acceptors (Lipinski definition) is 4. The number of hydrogen-bond donors (Lipinski definition) is 2. The van der Waals surface area contributed by atoms with E-state index in [-0.39, 0.29) is 5.84 Å². The van der Waals surface area contributed by atoms with Crippen LogP contribution >= 0.6 is 0 Å². The van der Waals surface area contributed by atoms with Crippen molar-refractivity contribution in [1.29, 1.82) is 5.41 Å². The summed E-state index contributed by atoms with van der Waals surface area (Å²) in [7, 11) is 1.79. The average Bonchev–Trinajstić information content (AvgIpc) is 2.64. The second-order valence-electron chi connectivity index (χ2n) is 3.22. The van der Waals surface area contributed by atoms with E-state index in [0.29, 0.717) is 17.2 Å². The standard InChI is InChI=1S/C10H11N5O/c1-15-6-7(5-14-15)16-8-3-2-4-13-9(8)10(11)12/h2-6H,1H3,(H3,11,12). The lowest BCUT2D eigenvalue weighted by Crippen LogP contribution is -2.14. The average molecular weight is 217 g/mol. The van der Waals surface area contributed by atoms with Gasteiger partial charge < -0.3 is 10.5 Å². The fourth-order valence-electron chi connectivity index (χ4n) is 1.25. The molecule has 2 rings (SSSR count). The largest absolute Gasteiger partial charge is 0.452 e. The molecule has 0 aromatic carbocycles. The Bertz CT molecular complexity index is 519. The SMILES string of the molecule is Cn1cc(Oc2cccnc2C(=N)N)cn1. The van der Waals surface area contributed by atoms with E-state index in [1.54, 1.807) is 42.5 Å². The number of nitrogen functional groups attached to an aromatic ring is 1. The van der Waals surface area contributed by atoms with Gasteiger partial charge >= 0.3 is 0 Å². The van der Waals surface area contributed by atoms with Crippen molar-refractivity contribution in [1.82, 2.24) is 14.8 Å². The molecule has 2 aromatic heterocycles. The van der Waals surface area contributed by atoms with Gasteiger partial charge in [-0.25, -0.2) is 4.98 Å². The Morgan fingerprint density at radius 2 is 2.38 bits per heavy atom. The minimum Gasteiger partial charge on any atom is -0.452 e. The number of rotatable bonds is 3. The third-order valence-corrected chi connectivity index (χ3v) is 1.93. The molecule has 2 heterocycles. The van der Waals surface area contributed by atoms with Gasteiger partial charge in [-0.3, -0.25) is 10.1 Å². The Balaban J connectivity index is 2.31. The molecule has 0 aliphatic heterocycles. The third kappa shape index (κ3) is 2.00. The Labute approximate surface area is 92.2 Å². The highest BCUT2D eigenvalue weighted by Gasteiger charge is 2.09. The molecule has 0 aliphatic rings. The van der Waals surface area contributed by atoms with Gasteiger partial charge in [0.05, 0.1) is 12.4 Å². The molecule has 0 atom stereocenters. The monoisotopic (exact) mass is 217 g/mol. The lowest BCUT2D eigenvalue weighted by Gasteiger charge is -2.06. The topological polar surface area (TPSA) is 89.8 Å². The molecule has 0 aliphatic carbocycles. The van der Waals surface area contributed by atoms with Crippen molar-refractivity contribution in [3.63, 3.8) is 0 Å². The number of amidine groups is 1. The van der Waals surface area contributed by atoms with Gasteiger partial charge in [-0.05, 0) is 12.1 Å². The molecular weight excluding hydrogens is 206 g/mol. The molecular formula is C10H11N5O. The summed E-state index contributed by atoms with van der Waals surface area (Å²) in [5, 5.41) is 11.3. The van der Waals surface area contributed by atoms with Crippen LogP contribution in [0.25, 0.3) is 0 Å². The van der Waals surface area contributed by atoms with E-state index in [0.717, 1.165) is 0 Å². The van der Waals surface area contributed by atoms with Crippen LogP contribution in [-0.2, 0) is 7.05 Å². The van der Waals surface area contributed by atoms with Gasteiger partial charge in [0.1, 0.15) is 11.5 Å². The van der Waals surface area contributed by atoms with Gasteiger partial charge in [-0.15, -0.1) is 0 Å². The molecule has 0 saturated carbocycles. The predicted molar refractivity (Wildman–Crippen MR) is 58.5 cm³/mol. The molecule has 82 valence electrons. The van der Waals surface area contributed by atoms with Crippen molar-refractivity contribution in [2.45, 2.75) is 0 Å². The van der Waals surface area contributed by atoms with Crippen LogP contribution in [0.3, 0.4) is 0 Å². The van der Waals surface area contributed by atoms with Crippen LogP contribution < -0.4 is 10.5 Å². The highest BCUT2D eigenvalue weighted by atomic mass is 16.5. The van der Waals surface area contributed by atoms with E-state index in [4.69, 9.17) is 15.9 Å². The van der Waals surface area contributed by atoms with Crippen molar-refractivity contribution in [2.75, 3.05) is 0 Å². The van der Waals surface area contributed by atoms with Gasteiger partial charge in [0, 0.05) is 13.2 Å². The lowest BCUT2D eigenvalue weighted by atomic mass is 10.3. The van der Waals surface area contributed by atoms with Crippen LogP contribution in [0.1, 0.15) is 5.69 Å². The minimum absolute atomic E-state index is 0.125. The number of ether oxygens (including phenoxy) is 1. The smallest absolute Gasteiger partial charge is 0.165 e. The van der Waals surface area contributed by atoms with E-state index < -0.39 is 0 Å². The van der Waals surface area contributed by atoms with Gasteiger partial charge in [0.15, 0.2) is 11.5 Å². The molecule has 0 fully saturated rings. The number of nitrogens with zero attached hydrogens (tertiary/aromatic N) is 3. The summed E-state index contributed by atoms with van der Waals surface area (Å²) >= 11 is 0. The van der Waals surface area contributed by atoms with Gasteiger partial charge in [0.25, 0.3) is 0 Å². The third-order valence-electron chi connectivity index (χ3n) is 1.93. The summed E-state index contributed by atoms with van der Waals surface area (Å²) in [4.78, 5) is 3.98. The molecule has 0 amide bonds. The number of aromatic nitrogens is 3. The van der Waals surface area contributed by atoms with Crippen LogP contribution in [0.5, 0.6) is 11.5 Å². The Hall–Kier alpha value is -2.37. The molecule has 0 bridgehead atoms. The van der Waals surface area contributed by atoms with E-state index in [2.05, 4.69) is 10.1 Å². The lowest BCUT2D eigenvalue weighted by molar-refractivity contribution is 0.478. The van der Waals surface area contributed by atoms with Gasteiger partial charge in [0.2, 0.25) is 0 Å². The highest BCUT2D eigenvalue weighted by molar-refractivity contribution is 5.95. The molecule has 2 aromatic rings. The first kappa shape index (κ1) is 10.2. The maximum absolute atomic E-state index is 7.36. The molecule has 0 radical (unpaired) electrons. The first-order chi connectivity index (χ1) is 7.66. The van der Waals surface area contributed by atoms with Crippen LogP contribution in [0.15, 0.2) is 30.7 Å². The second-order valence-corrected chi connectivity index (χ2v) is 3.22. The number of nitrogens with one attached hydrogen (secondary N) is 1. The quantitative estimate of drug-likeness (QED) is 0.590. The first-order valence-electron chi connectivity index (χ1n) is 4.63. The minimum atomic E-state index is -0.125. The van der Waals surface area contributed by atoms with Crippen molar-refractivity contribution in [3.8, 4) is 11.5 Å². The van der Waals surface area contributed by atoms with Crippen LogP contribution in [0.2, 0.25) is 0 Å². The van der Waals surface area contributed by atoms with Crippen molar-refractivity contribution in [2.24, 2.45) is 12.8 Å². The van der Waals surface area contributed by atoms with Gasteiger partial charge in [-0.2, -0.15) is 5.10 Å². The van der Waals surface area contributed by atoms with E-state index in [9.17, 15) is 0 Å². The maximum Gasteiger partial charge on any atom is 0.165 e. The van der Waals surface area contributed by atoms with Crippen molar-refractivity contribution < 1.29 is 4.74 Å². The maximum atomic E-state index is 7.36. The molecule has 0 spiro atoms. The number of aryl methyl sites for hydroxylation is 1. The predicted octanol–water partition coefficient (Wildman–Crippen LogP) is 0.891. The second kappa shape index (κ2) is 4.01. The fraction of sp³-hybridized carbons (Fsp3) is 0.100. The summed E-state index contributed by atoms with van der Waals surface area (Å²) in [6.45, 7) is 0. The van der Waals surface area contributed by atoms with Crippen molar-refractivity contribution in [3.05, 3.63) is 36.4 Å². The fourth-order valence-corrected chi connectivity index (χ4v) is 1.25. The van der Waals surface area contributed by atoms with E-state index in [1.165, 1.54) is 0 Å². The van der Waals surface area contributed by atoms with E-state index in [1.807, 2.05) is 0 Å². The molecule has 0 unspecified atom stereocenters. The van der Waals surface area contributed by atoms with Crippen LogP contribution in [-0.4, -0.2) is 20.6 Å². The highest BCUT2D eigenvalue weighted by Crippen LogP contribution is 2.22. The van der Waals surface area contributed by atoms with Gasteiger partial charge in [-0.1, -0.05) is 0 Å². The van der Waals surface area contributed by atoms with Crippen LogP contribution in [0.4, 0.5) is 0 Å². The zero-order valence-electron chi connectivity index (χ0n) is 8.71. The summed E-state index contributed by atoms with van der Waals surface area (Å²) in [5.74, 6) is 0.903. The van der Waals surface area contributed by atoms with Crippen molar-refractivity contribution >= 4 is 5.84 Å². The number of nitrogens with two attached hydrogens (primary N) is 1. The van der Waals surface area contributed by atoms with E-state index >= 15 is 0 Å². The Morgan fingerprint density at radius 1 is 1.56 bits per heavy atom. The summed E-state index contributed by atoms with van der Waals surface area (Å²) in [6, 6.07) is 3.43. The summed E-state index contributed by atoms with van der Waals surface area (Å²) < 4.78 is 7.15. The summed E-state index contributed by atoms with van der Waals surface area (Å²) in [6.07, 6.45) is 4.86. The molecule has 6 nitrogen and oxygen atoms in total. The zero-order valence-corrected chi connectivity index (χ0v) is 8.71. The molecule has 0 saturated heterocycles. The molecule has 16 heavy (non-hydrogen) atoms. The zero-order chi connectivity index (χ0) is 11.5. The normalized spacial score (nSPS) is 10.1. The number of pyridine rings is 1.